The van der Waals surface area contributed by atoms with Gasteiger partial charge in [0, 0.05) is 29.8 Å². The van der Waals surface area contributed by atoms with Crippen molar-refractivity contribution in [2.75, 3.05) is 32.2 Å². The van der Waals surface area contributed by atoms with Crippen molar-refractivity contribution >= 4 is 16.7 Å². The Hall–Kier alpha value is -2.70. The average molecular weight is 351 g/mol. The van der Waals surface area contributed by atoms with Crippen molar-refractivity contribution in [1.82, 2.24) is 9.97 Å². The first-order valence-corrected chi connectivity index (χ1v) is 8.73. The molecule has 2 N–H and O–H groups in total. The summed E-state index contributed by atoms with van der Waals surface area (Å²) >= 11 is 0. The van der Waals surface area contributed by atoms with E-state index in [-0.39, 0.29) is 12.1 Å². The van der Waals surface area contributed by atoms with Crippen LogP contribution < -0.4 is 10.5 Å². The fraction of sp³-hybridized carbons (Fsp3) is 0.300. The molecule has 1 atom stereocenters. The minimum absolute atomic E-state index is 0.112. The molecule has 0 spiro atoms. The van der Waals surface area contributed by atoms with Crippen LogP contribution in [0.5, 0.6) is 5.75 Å². The predicted molar refractivity (Wildman–Crippen MR) is 100 cm³/mol. The standard InChI is InChI=1S/C20H21N3O3/c21-20-22-11-14(12-23-20)16-5-6-19(18-4-2-1-3-17(16)18)26-8-7-15-13-24-9-10-25-15/h1-6,11-12,15H,7-10,13H2,(H2,21,22,23). The highest BCUT2D eigenvalue weighted by molar-refractivity contribution is 5.99. The topological polar surface area (TPSA) is 79.5 Å². The zero-order valence-electron chi connectivity index (χ0n) is 14.4. The first kappa shape index (κ1) is 16.8. The monoisotopic (exact) mass is 351 g/mol. The van der Waals surface area contributed by atoms with Gasteiger partial charge in [-0.15, -0.1) is 0 Å². The fourth-order valence-electron chi connectivity index (χ4n) is 3.13. The van der Waals surface area contributed by atoms with Gasteiger partial charge in [0.05, 0.1) is 32.5 Å². The van der Waals surface area contributed by atoms with E-state index in [9.17, 15) is 0 Å². The second-order valence-electron chi connectivity index (χ2n) is 6.19. The molecule has 1 saturated heterocycles. The summed E-state index contributed by atoms with van der Waals surface area (Å²) in [4.78, 5) is 8.19. The van der Waals surface area contributed by atoms with E-state index in [0.717, 1.165) is 34.1 Å². The molecule has 134 valence electrons. The Balaban J connectivity index is 1.56. The zero-order valence-corrected chi connectivity index (χ0v) is 14.4. The molecule has 0 bridgehead atoms. The number of hydrogen-bond donors (Lipinski definition) is 1. The van der Waals surface area contributed by atoms with E-state index >= 15 is 0 Å². The molecule has 4 rings (SSSR count). The van der Waals surface area contributed by atoms with Gasteiger partial charge in [-0.1, -0.05) is 24.3 Å². The van der Waals surface area contributed by atoms with Crippen LogP contribution in [0.3, 0.4) is 0 Å². The highest BCUT2D eigenvalue weighted by atomic mass is 16.6. The predicted octanol–water partition coefficient (Wildman–Crippen LogP) is 3.06. The molecule has 0 aliphatic carbocycles. The molecule has 1 aliphatic rings. The van der Waals surface area contributed by atoms with Crippen molar-refractivity contribution in [3.63, 3.8) is 0 Å². The fourth-order valence-corrected chi connectivity index (χ4v) is 3.13. The molecule has 0 saturated carbocycles. The van der Waals surface area contributed by atoms with Gasteiger partial charge in [0.25, 0.3) is 0 Å². The van der Waals surface area contributed by atoms with Crippen molar-refractivity contribution in [3.8, 4) is 16.9 Å². The van der Waals surface area contributed by atoms with Crippen LogP contribution in [0.25, 0.3) is 21.9 Å². The molecule has 6 nitrogen and oxygen atoms in total. The summed E-state index contributed by atoms with van der Waals surface area (Å²) in [7, 11) is 0. The summed E-state index contributed by atoms with van der Waals surface area (Å²) in [6.07, 6.45) is 4.40. The molecular formula is C20H21N3O3. The maximum Gasteiger partial charge on any atom is 0.219 e. The zero-order chi connectivity index (χ0) is 17.8. The lowest BCUT2D eigenvalue weighted by Gasteiger charge is -2.23. The maximum atomic E-state index is 6.05. The Morgan fingerprint density at radius 1 is 1.04 bits per heavy atom. The molecule has 2 heterocycles. The highest BCUT2D eigenvalue weighted by Gasteiger charge is 2.15. The number of benzene rings is 2. The molecule has 0 radical (unpaired) electrons. The van der Waals surface area contributed by atoms with E-state index < -0.39 is 0 Å². The first-order valence-electron chi connectivity index (χ1n) is 8.73. The van der Waals surface area contributed by atoms with Crippen molar-refractivity contribution in [1.29, 1.82) is 0 Å². The van der Waals surface area contributed by atoms with Gasteiger partial charge in [-0.05, 0) is 23.1 Å². The summed E-state index contributed by atoms with van der Waals surface area (Å²) in [5, 5.41) is 2.15. The van der Waals surface area contributed by atoms with Gasteiger partial charge >= 0.3 is 0 Å². The van der Waals surface area contributed by atoms with Crippen LogP contribution in [-0.2, 0) is 9.47 Å². The van der Waals surface area contributed by atoms with Gasteiger partial charge in [-0.2, -0.15) is 0 Å². The highest BCUT2D eigenvalue weighted by Crippen LogP contribution is 2.34. The number of hydrogen-bond acceptors (Lipinski definition) is 6. The molecular weight excluding hydrogens is 330 g/mol. The van der Waals surface area contributed by atoms with Crippen LogP contribution in [0, 0.1) is 0 Å². The van der Waals surface area contributed by atoms with E-state index in [2.05, 4.69) is 22.1 Å². The van der Waals surface area contributed by atoms with Crippen molar-refractivity contribution in [2.45, 2.75) is 12.5 Å². The molecule has 6 heteroatoms. The number of nitrogens with zero attached hydrogens (tertiary/aromatic N) is 2. The van der Waals surface area contributed by atoms with Gasteiger partial charge in [0.2, 0.25) is 5.95 Å². The number of anilines is 1. The second kappa shape index (κ2) is 7.68. The van der Waals surface area contributed by atoms with Gasteiger partial charge < -0.3 is 19.9 Å². The Morgan fingerprint density at radius 3 is 2.62 bits per heavy atom. The largest absolute Gasteiger partial charge is 0.493 e. The van der Waals surface area contributed by atoms with Crippen molar-refractivity contribution < 1.29 is 14.2 Å². The summed E-state index contributed by atoms with van der Waals surface area (Å²) < 4.78 is 17.1. The third kappa shape index (κ3) is 3.61. The third-order valence-corrected chi connectivity index (χ3v) is 4.45. The number of nitrogen functional groups attached to an aromatic ring is 1. The Kier molecular flexibility index (Phi) is 4.95. The number of aromatic nitrogens is 2. The molecule has 2 aromatic carbocycles. The van der Waals surface area contributed by atoms with E-state index in [4.69, 9.17) is 19.9 Å². The van der Waals surface area contributed by atoms with E-state index in [1.807, 2.05) is 24.3 Å². The van der Waals surface area contributed by atoms with E-state index in [0.29, 0.717) is 26.4 Å². The first-order chi connectivity index (χ1) is 12.8. The van der Waals surface area contributed by atoms with E-state index in [1.54, 1.807) is 12.4 Å². The normalized spacial score (nSPS) is 17.3. The Morgan fingerprint density at radius 2 is 1.85 bits per heavy atom. The van der Waals surface area contributed by atoms with Crippen LogP contribution in [0.15, 0.2) is 48.8 Å². The molecule has 1 aromatic heterocycles. The van der Waals surface area contributed by atoms with E-state index in [1.165, 1.54) is 0 Å². The van der Waals surface area contributed by atoms with Crippen LogP contribution in [0.1, 0.15) is 6.42 Å². The summed E-state index contributed by atoms with van der Waals surface area (Å²) in [5.41, 5.74) is 7.57. The molecule has 1 unspecified atom stereocenters. The van der Waals surface area contributed by atoms with Gasteiger partial charge in [-0.25, -0.2) is 9.97 Å². The lowest BCUT2D eigenvalue weighted by Crippen LogP contribution is -2.29. The number of rotatable bonds is 5. The minimum atomic E-state index is 0.112. The van der Waals surface area contributed by atoms with Gasteiger partial charge in [0.1, 0.15) is 5.75 Å². The molecule has 1 aliphatic heterocycles. The maximum absolute atomic E-state index is 6.05. The number of nitrogens with two attached hydrogens (primary N) is 1. The smallest absolute Gasteiger partial charge is 0.219 e. The molecule has 3 aromatic rings. The lowest BCUT2D eigenvalue weighted by atomic mass is 9.99. The summed E-state index contributed by atoms with van der Waals surface area (Å²) in [6, 6.07) is 12.2. The molecule has 0 amide bonds. The van der Waals surface area contributed by atoms with Gasteiger partial charge in [0.15, 0.2) is 0 Å². The lowest BCUT2D eigenvalue weighted by molar-refractivity contribution is -0.0935. The second-order valence-corrected chi connectivity index (χ2v) is 6.19. The van der Waals surface area contributed by atoms with Crippen LogP contribution in [0.2, 0.25) is 0 Å². The van der Waals surface area contributed by atoms with Crippen LogP contribution in [0.4, 0.5) is 5.95 Å². The van der Waals surface area contributed by atoms with Crippen LogP contribution in [-0.4, -0.2) is 42.5 Å². The Bertz CT molecular complexity index is 877. The number of fused-ring (bicyclic) bond motifs is 1. The van der Waals surface area contributed by atoms with Gasteiger partial charge in [-0.3, -0.25) is 0 Å². The average Bonchev–Trinajstić information content (AvgIpc) is 2.70. The van der Waals surface area contributed by atoms with Crippen LogP contribution >= 0.6 is 0 Å². The SMILES string of the molecule is Nc1ncc(-c2ccc(OCCC3COCCO3)c3ccccc23)cn1. The Labute approximate surface area is 151 Å². The molecule has 26 heavy (non-hydrogen) atoms. The molecule has 1 fully saturated rings. The van der Waals surface area contributed by atoms with Crippen molar-refractivity contribution in [2.24, 2.45) is 0 Å². The quantitative estimate of drug-likeness (QED) is 0.761. The number of ether oxygens (including phenoxy) is 3. The summed E-state index contributed by atoms with van der Waals surface area (Å²) in [5.74, 6) is 1.13. The minimum Gasteiger partial charge on any atom is -0.493 e. The summed E-state index contributed by atoms with van der Waals surface area (Å²) in [6.45, 7) is 2.56. The van der Waals surface area contributed by atoms with Crippen molar-refractivity contribution in [3.05, 3.63) is 48.8 Å². The third-order valence-electron chi connectivity index (χ3n) is 4.45.